The highest BCUT2D eigenvalue weighted by Gasteiger charge is 2.09. The first-order valence-corrected chi connectivity index (χ1v) is 6.32. The third-order valence-corrected chi connectivity index (χ3v) is 3.01. The molecule has 0 atom stereocenters. The number of benzene rings is 1. The number of rotatable bonds is 5. The van der Waals surface area contributed by atoms with E-state index in [-0.39, 0.29) is 5.96 Å². The minimum atomic E-state index is 0.0313. The van der Waals surface area contributed by atoms with Crippen LogP contribution in [0.5, 0.6) is 5.75 Å². The van der Waals surface area contributed by atoms with Gasteiger partial charge in [-0.05, 0) is 48.9 Å². The monoisotopic (exact) mass is 248 g/mol. The number of guanidine groups is 1. The highest BCUT2D eigenvalue weighted by Crippen LogP contribution is 2.25. The first-order chi connectivity index (χ1) is 8.75. The summed E-state index contributed by atoms with van der Waals surface area (Å²) >= 11 is 0. The van der Waals surface area contributed by atoms with E-state index in [0.717, 1.165) is 5.75 Å². The van der Waals surface area contributed by atoms with E-state index >= 15 is 0 Å². The third-order valence-electron chi connectivity index (χ3n) is 3.01. The molecule has 1 aromatic rings. The summed E-state index contributed by atoms with van der Waals surface area (Å²) in [4.78, 5) is 0. The number of hydrogen-bond acceptors (Lipinski definition) is 3. The minimum absolute atomic E-state index is 0.0313. The van der Waals surface area contributed by atoms with E-state index in [2.05, 4.69) is 22.7 Å². The molecule has 98 valence electrons. The molecule has 0 amide bonds. The van der Waals surface area contributed by atoms with Gasteiger partial charge in [0.25, 0.3) is 0 Å². The molecule has 18 heavy (non-hydrogen) atoms. The van der Waals surface area contributed by atoms with Crippen molar-refractivity contribution in [3.8, 4) is 5.75 Å². The van der Waals surface area contributed by atoms with Crippen LogP contribution in [-0.4, -0.2) is 19.1 Å². The van der Waals surface area contributed by atoms with Gasteiger partial charge in [0.2, 0.25) is 5.96 Å². The smallest absolute Gasteiger partial charge is 0.208 e. The molecule has 0 aliphatic heterocycles. The number of hydrazone groups is 1. The van der Waals surface area contributed by atoms with E-state index in [1.807, 2.05) is 6.07 Å². The quantitative estimate of drug-likeness (QED) is 0.310. The Morgan fingerprint density at radius 2 is 2.00 bits per heavy atom. The van der Waals surface area contributed by atoms with Crippen LogP contribution >= 0.6 is 0 Å². The van der Waals surface area contributed by atoms with Crippen molar-refractivity contribution in [1.29, 1.82) is 0 Å². The van der Waals surface area contributed by atoms with Crippen LogP contribution in [0.15, 0.2) is 23.3 Å². The lowest BCUT2D eigenvalue weighted by atomic mass is 9.92. The van der Waals surface area contributed by atoms with E-state index in [9.17, 15) is 0 Å². The standard InChI is InChI=1S/C13H20N4O/c14-13(15)17-16-7-8-18-12-6-5-10-3-1-2-4-11(10)9-12/h5-6,9,16H,1-4,7-8H2,(H4,14,15,17). The molecule has 0 spiro atoms. The molecule has 2 rings (SSSR count). The van der Waals surface area contributed by atoms with Gasteiger partial charge in [-0.2, -0.15) is 0 Å². The average Bonchev–Trinajstić information content (AvgIpc) is 2.38. The van der Waals surface area contributed by atoms with E-state index in [1.54, 1.807) is 0 Å². The Kier molecular flexibility index (Phi) is 4.28. The van der Waals surface area contributed by atoms with Gasteiger partial charge >= 0.3 is 0 Å². The maximum atomic E-state index is 5.64. The second kappa shape index (κ2) is 6.14. The van der Waals surface area contributed by atoms with Crippen molar-refractivity contribution >= 4 is 5.96 Å². The molecule has 0 radical (unpaired) electrons. The van der Waals surface area contributed by atoms with Crippen molar-refractivity contribution in [2.45, 2.75) is 25.7 Å². The fourth-order valence-electron chi connectivity index (χ4n) is 2.16. The SMILES string of the molecule is NC(N)=NNCCOc1ccc2c(c1)CCCC2. The van der Waals surface area contributed by atoms with E-state index in [4.69, 9.17) is 16.2 Å². The zero-order valence-corrected chi connectivity index (χ0v) is 10.5. The summed E-state index contributed by atoms with van der Waals surface area (Å²) in [5.41, 5.74) is 16.0. The van der Waals surface area contributed by atoms with Gasteiger partial charge < -0.3 is 21.6 Å². The first-order valence-electron chi connectivity index (χ1n) is 6.32. The van der Waals surface area contributed by atoms with Gasteiger partial charge in [-0.15, -0.1) is 5.10 Å². The molecule has 0 saturated heterocycles. The summed E-state index contributed by atoms with van der Waals surface area (Å²) in [6.45, 7) is 1.12. The van der Waals surface area contributed by atoms with Crippen molar-refractivity contribution in [2.24, 2.45) is 16.6 Å². The lowest BCUT2D eigenvalue weighted by Gasteiger charge is -2.16. The molecule has 1 aromatic carbocycles. The molecule has 5 nitrogen and oxygen atoms in total. The molecule has 0 aromatic heterocycles. The van der Waals surface area contributed by atoms with Gasteiger partial charge in [-0.3, -0.25) is 0 Å². The van der Waals surface area contributed by atoms with Crippen LogP contribution < -0.4 is 21.6 Å². The maximum absolute atomic E-state index is 5.64. The summed E-state index contributed by atoms with van der Waals surface area (Å²) in [7, 11) is 0. The molecule has 0 bridgehead atoms. The molecule has 5 heteroatoms. The molecular weight excluding hydrogens is 228 g/mol. The topological polar surface area (TPSA) is 85.7 Å². The van der Waals surface area contributed by atoms with Crippen molar-refractivity contribution in [3.05, 3.63) is 29.3 Å². The van der Waals surface area contributed by atoms with Crippen molar-refractivity contribution in [2.75, 3.05) is 13.2 Å². The summed E-state index contributed by atoms with van der Waals surface area (Å²) in [6, 6.07) is 6.35. The molecule has 0 heterocycles. The summed E-state index contributed by atoms with van der Waals surface area (Å²) in [5.74, 6) is 0.950. The minimum Gasteiger partial charge on any atom is -0.492 e. The first kappa shape index (κ1) is 12.5. The van der Waals surface area contributed by atoms with Gasteiger partial charge in [-0.1, -0.05) is 6.07 Å². The normalized spacial score (nSPS) is 13.6. The third kappa shape index (κ3) is 3.55. The van der Waals surface area contributed by atoms with Crippen LogP contribution in [0.2, 0.25) is 0 Å². The van der Waals surface area contributed by atoms with Gasteiger partial charge in [0.05, 0.1) is 6.54 Å². The molecule has 1 aliphatic carbocycles. The number of hydrogen-bond donors (Lipinski definition) is 3. The van der Waals surface area contributed by atoms with Crippen LogP contribution in [0.1, 0.15) is 24.0 Å². The number of aryl methyl sites for hydroxylation is 2. The van der Waals surface area contributed by atoms with Crippen molar-refractivity contribution < 1.29 is 4.74 Å². The zero-order chi connectivity index (χ0) is 12.8. The van der Waals surface area contributed by atoms with E-state index in [0.29, 0.717) is 13.2 Å². The molecule has 5 N–H and O–H groups in total. The Morgan fingerprint density at radius 1 is 1.22 bits per heavy atom. The molecule has 0 unspecified atom stereocenters. The van der Waals surface area contributed by atoms with Crippen LogP contribution in [0.4, 0.5) is 0 Å². The number of nitrogens with zero attached hydrogens (tertiary/aromatic N) is 1. The maximum Gasteiger partial charge on any atom is 0.208 e. The Hall–Kier alpha value is -1.91. The average molecular weight is 248 g/mol. The predicted octanol–water partition coefficient (Wildman–Crippen LogP) is 0.722. The summed E-state index contributed by atoms with van der Waals surface area (Å²) in [6.07, 6.45) is 4.94. The van der Waals surface area contributed by atoms with Gasteiger partial charge in [0.1, 0.15) is 12.4 Å². The summed E-state index contributed by atoms with van der Waals surface area (Å²) in [5, 5.41) is 3.67. The van der Waals surface area contributed by atoms with Gasteiger partial charge in [-0.25, -0.2) is 0 Å². The largest absolute Gasteiger partial charge is 0.492 e. The van der Waals surface area contributed by atoms with Crippen LogP contribution in [-0.2, 0) is 12.8 Å². The molecular formula is C13H20N4O. The van der Waals surface area contributed by atoms with Crippen molar-refractivity contribution in [3.63, 3.8) is 0 Å². The number of fused-ring (bicyclic) bond motifs is 1. The lowest BCUT2D eigenvalue weighted by molar-refractivity contribution is 0.315. The highest BCUT2D eigenvalue weighted by molar-refractivity contribution is 5.75. The molecule has 1 aliphatic rings. The second-order valence-corrected chi connectivity index (χ2v) is 4.43. The number of nitrogens with one attached hydrogen (secondary N) is 1. The Morgan fingerprint density at radius 3 is 2.78 bits per heavy atom. The fourth-order valence-corrected chi connectivity index (χ4v) is 2.16. The Balaban J connectivity index is 1.81. The Labute approximate surface area is 107 Å². The second-order valence-electron chi connectivity index (χ2n) is 4.43. The number of ether oxygens (including phenoxy) is 1. The van der Waals surface area contributed by atoms with E-state index in [1.165, 1.54) is 36.8 Å². The van der Waals surface area contributed by atoms with Gasteiger partial charge in [0.15, 0.2) is 0 Å². The lowest BCUT2D eigenvalue weighted by Crippen LogP contribution is -2.27. The molecule has 0 saturated carbocycles. The zero-order valence-electron chi connectivity index (χ0n) is 10.5. The Bertz CT molecular complexity index is 427. The number of nitrogens with two attached hydrogens (primary N) is 2. The van der Waals surface area contributed by atoms with Crippen LogP contribution in [0.3, 0.4) is 0 Å². The predicted molar refractivity (Wildman–Crippen MR) is 72.4 cm³/mol. The van der Waals surface area contributed by atoms with E-state index < -0.39 is 0 Å². The summed E-state index contributed by atoms with van der Waals surface area (Å²) < 4.78 is 5.64. The molecule has 0 fully saturated rings. The highest BCUT2D eigenvalue weighted by atomic mass is 16.5. The van der Waals surface area contributed by atoms with Crippen molar-refractivity contribution in [1.82, 2.24) is 5.43 Å². The van der Waals surface area contributed by atoms with Gasteiger partial charge in [0, 0.05) is 0 Å². The van der Waals surface area contributed by atoms with Crippen LogP contribution in [0.25, 0.3) is 0 Å². The van der Waals surface area contributed by atoms with Crippen LogP contribution in [0, 0.1) is 0 Å². The fraction of sp³-hybridized carbons (Fsp3) is 0.462.